The summed E-state index contributed by atoms with van der Waals surface area (Å²) in [6.07, 6.45) is 5.68. The van der Waals surface area contributed by atoms with Crippen LogP contribution in [0.1, 0.15) is 20.8 Å². The van der Waals surface area contributed by atoms with E-state index in [0.29, 0.717) is 6.04 Å². The highest BCUT2D eigenvalue weighted by Crippen LogP contribution is 2.08. The zero-order chi connectivity index (χ0) is 11.8. The Bertz CT molecular complexity index is 259. The molecule has 1 N–H and O–H groups in total. The summed E-state index contributed by atoms with van der Waals surface area (Å²) in [6.45, 7) is 8.80. The molecule has 1 rings (SSSR count). The fourth-order valence-corrected chi connectivity index (χ4v) is 2.48. The minimum absolute atomic E-state index is 0.590. The van der Waals surface area contributed by atoms with Gasteiger partial charge in [0.2, 0.25) is 0 Å². The summed E-state index contributed by atoms with van der Waals surface area (Å²) < 4.78 is 2.10. The summed E-state index contributed by atoms with van der Waals surface area (Å²) >= 11 is 2.04. The highest BCUT2D eigenvalue weighted by molar-refractivity contribution is 7.99. The lowest BCUT2D eigenvalue weighted by molar-refractivity contribution is 0.545. The number of nitrogens with zero attached hydrogens (tertiary/aromatic N) is 2. The first-order valence-corrected chi connectivity index (χ1v) is 7.11. The van der Waals surface area contributed by atoms with Crippen molar-refractivity contribution in [2.45, 2.75) is 33.4 Å². The number of thioether (sulfide) groups is 1. The minimum Gasteiger partial charge on any atom is -0.336 e. The third-order valence-corrected chi connectivity index (χ3v) is 3.88. The Morgan fingerprint density at radius 3 is 2.75 bits per heavy atom. The molecule has 1 unspecified atom stereocenters. The molecule has 0 fully saturated rings. The first-order valence-electron chi connectivity index (χ1n) is 5.95. The van der Waals surface area contributed by atoms with E-state index in [1.54, 1.807) is 0 Å². The van der Waals surface area contributed by atoms with E-state index in [0.717, 1.165) is 19.0 Å². The molecule has 0 aliphatic heterocycles. The maximum atomic E-state index is 4.02. The van der Waals surface area contributed by atoms with E-state index >= 15 is 0 Å². The largest absolute Gasteiger partial charge is 0.336 e. The average Bonchev–Trinajstić information content (AvgIpc) is 2.70. The number of hydrogen-bond acceptors (Lipinski definition) is 3. The molecule has 0 bridgehead atoms. The van der Waals surface area contributed by atoms with Crippen molar-refractivity contribution in [3.63, 3.8) is 0 Å². The van der Waals surface area contributed by atoms with Crippen LogP contribution in [0.4, 0.5) is 0 Å². The Morgan fingerprint density at radius 2 is 2.12 bits per heavy atom. The van der Waals surface area contributed by atoms with Gasteiger partial charge in [-0.25, -0.2) is 4.98 Å². The van der Waals surface area contributed by atoms with Crippen LogP contribution in [0, 0.1) is 5.92 Å². The zero-order valence-corrected chi connectivity index (χ0v) is 11.3. The van der Waals surface area contributed by atoms with Crippen LogP contribution in [0.25, 0.3) is 0 Å². The predicted molar refractivity (Wildman–Crippen MR) is 71.9 cm³/mol. The van der Waals surface area contributed by atoms with Gasteiger partial charge >= 0.3 is 0 Å². The molecule has 0 spiro atoms. The van der Waals surface area contributed by atoms with Crippen molar-refractivity contribution >= 4 is 11.8 Å². The molecule has 1 aromatic heterocycles. The van der Waals surface area contributed by atoms with Gasteiger partial charge < -0.3 is 9.88 Å². The van der Waals surface area contributed by atoms with E-state index in [1.165, 1.54) is 11.5 Å². The van der Waals surface area contributed by atoms with E-state index in [2.05, 4.69) is 35.6 Å². The van der Waals surface area contributed by atoms with Gasteiger partial charge in [-0.3, -0.25) is 0 Å². The second-order valence-corrected chi connectivity index (χ2v) is 5.66. The molecular weight excluding hydrogens is 218 g/mol. The molecule has 0 radical (unpaired) electrons. The third-order valence-electron chi connectivity index (χ3n) is 2.24. The lowest BCUT2D eigenvalue weighted by Crippen LogP contribution is -2.31. The number of imidazole rings is 1. The van der Waals surface area contributed by atoms with Crippen LogP contribution >= 0.6 is 11.8 Å². The van der Waals surface area contributed by atoms with Crippen LogP contribution in [-0.4, -0.2) is 33.6 Å². The second-order valence-electron chi connectivity index (χ2n) is 4.59. The van der Waals surface area contributed by atoms with Gasteiger partial charge in [-0.2, -0.15) is 11.8 Å². The SMILES string of the molecule is CC(C)CSCC(C)NCCn1ccnc1. The topological polar surface area (TPSA) is 29.9 Å². The number of nitrogens with one attached hydrogen (secondary N) is 1. The standard InChI is InChI=1S/C12H23N3S/c1-11(2)8-16-9-12(3)14-5-7-15-6-4-13-10-15/h4,6,10-12,14H,5,7-9H2,1-3H3. The van der Waals surface area contributed by atoms with Gasteiger partial charge in [0, 0.05) is 37.3 Å². The molecule has 92 valence electrons. The van der Waals surface area contributed by atoms with E-state index in [1.807, 2.05) is 30.5 Å². The van der Waals surface area contributed by atoms with Gasteiger partial charge in [0.05, 0.1) is 6.33 Å². The molecule has 1 heterocycles. The van der Waals surface area contributed by atoms with Crippen molar-refractivity contribution in [2.75, 3.05) is 18.1 Å². The monoisotopic (exact) mass is 241 g/mol. The molecule has 16 heavy (non-hydrogen) atoms. The molecule has 0 aliphatic rings. The first kappa shape index (κ1) is 13.6. The Morgan fingerprint density at radius 1 is 1.31 bits per heavy atom. The Hall–Kier alpha value is -0.480. The number of hydrogen-bond donors (Lipinski definition) is 1. The first-order chi connectivity index (χ1) is 7.68. The fourth-order valence-electron chi connectivity index (χ4n) is 1.40. The van der Waals surface area contributed by atoms with Crippen molar-refractivity contribution in [1.82, 2.24) is 14.9 Å². The van der Waals surface area contributed by atoms with E-state index in [-0.39, 0.29) is 0 Å². The number of rotatable bonds is 8. The van der Waals surface area contributed by atoms with Gasteiger partial charge in [-0.1, -0.05) is 13.8 Å². The molecule has 0 amide bonds. The molecule has 0 aromatic carbocycles. The normalized spacial score (nSPS) is 13.2. The van der Waals surface area contributed by atoms with E-state index in [4.69, 9.17) is 0 Å². The lowest BCUT2D eigenvalue weighted by atomic mass is 10.3. The summed E-state index contributed by atoms with van der Waals surface area (Å²) in [7, 11) is 0. The van der Waals surface area contributed by atoms with Crippen molar-refractivity contribution in [2.24, 2.45) is 5.92 Å². The van der Waals surface area contributed by atoms with Crippen LogP contribution in [0.5, 0.6) is 0 Å². The summed E-state index contributed by atoms with van der Waals surface area (Å²) in [5, 5.41) is 3.53. The van der Waals surface area contributed by atoms with Crippen LogP contribution in [-0.2, 0) is 6.54 Å². The Balaban J connectivity index is 2.00. The van der Waals surface area contributed by atoms with Crippen LogP contribution in [0.2, 0.25) is 0 Å². The predicted octanol–water partition coefficient (Wildman–Crippen LogP) is 2.25. The lowest BCUT2D eigenvalue weighted by Gasteiger charge is -2.14. The second kappa shape index (κ2) is 7.74. The van der Waals surface area contributed by atoms with E-state index in [9.17, 15) is 0 Å². The molecule has 0 saturated carbocycles. The molecule has 1 atom stereocenters. The minimum atomic E-state index is 0.590. The van der Waals surface area contributed by atoms with Crippen LogP contribution in [0.15, 0.2) is 18.7 Å². The van der Waals surface area contributed by atoms with E-state index < -0.39 is 0 Å². The van der Waals surface area contributed by atoms with Gasteiger partial charge in [-0.05, 0) is 18.6 Å². The molecule has 1 aromatic rings. The number of aromatic nitrogens is 2. The van der Waals surface area contributed by atoms with Gasteiger partial charge in [0.15, 0.2) is 0 Å². The Labute approximate surface area is 103 Å². The third kappa shape index (κ3) is 6.18. The molecule has 4 heteroatoms. The highest BCUT2D eigenvalue weighted by Gasteiger charge is 2.02. The zero-order valence-electron chi connectivity index (χ0n) is 10.5. The quantitative estimate of drug-likeness (QED) is 0.757. The van der Waals surface area contributed by atoms with Crippen molar-refractivity contribution < 1.29 is 0 Å². The van der Waals surface area contributed by atoms with Crippen LogP contribution < -0.4 is 5.32 Å². The molecule has 0 saturated heterocycles. The maximum Gasteiger partial charge on any atom is 0.0946 e. The molecular formula is C12H23N3S. The van der Waals surface area contributed by atoms with Gasteiger partial charge in [0.25, 0.3) is 0 Å². The van der Waals surface area contributed by atoms with Crippen molar-refractivity contribution in [3.8, 4) is 0 Å². The summed E-state index contributed by atoms with van der Waals surface area (Å²) in [4.78, 5) is 4.02. The van der Waals surface area contributed by atoms with Crippen LogP contribution in [0.3, 0.4) is 0 Å². The smallest absolute Gasteiger partial charge is 0.0946 e. The summed E-state index contributed by atoms with van der Waals surface area (Å²) in [6, 6.07) is 0.590. The fraction of sp³-hybridized carbons (Fsp3) is 0.750. The average molecular weight is 241 g/mol. The maximum absolute atomic E-state index is 4.02. The molecule has 3 nitrogen and oxygen atoms in total. The van der Waals surface area contributed by atoms with Gasteiger partial charge in [0.1, 0.15) is 0 Å². The summed E-state index contributed by atoms with van der Waals surface area (Å²) in [5.74, 6) is 3.25. The van der Waals surface area contributed by atoms with Gasteiger partial charge in [-0.15, -0.1) is 0 Å². The highest BCUT2D eigenvalue weighted by atomic mass is 32.2. The Kier molecular flexibility index (Phi) is 6.57. The summed E-state index contributed by atoms with van der Waals surface area (Å²) in [5.41, 5.74) is 0. The van der Waals surface area contributed by atoms with Crippen molar-refractivity contribution in [1.29, 1.82) is 0 Å². The molecule has 0 aliphatic carbocycles. The van der Waals surface area contributed by atoms with Crippen molar-refractivity contribution in [3.05, 3.63) is 18.7 Å².